The Balaban J connectivity index is 2.05. The number of ether oxygens (including phenoxy) is 1. The average Bonchev–Trinajstić information content (AvgIpc) is 2.88. The van der Waals surface area contributed by atoms with Crippen molar-refractivity contribution < 1.29 is 4.74 Å². The maximum atomic E-state index is 5.46. The summed E-state index contributed by atoms with van der Waals surface area (Å²) in [5.41, 5.74) is 2.59. The number of pyridine rings is 1. The van der Waals surface area contributed by atoms with Crippen LogP contribution in [0.1, 0.15) is 38.3 Å². The number of nitrogens with zero attached hydrogens (tertiary/aromatic N) is 2. The van der Waals surface area contributed by atoms with Crippen LogP contribution in [-0.4, -0.2) is 36.8 Å². The summed E-state index contributed by atoms with van der Waals surface area (Å²) >= 11 is 0. The van der Waals surface area contributed by atoms with E-state index in [-0.39, 0.29) is 5.54 Å². The van der Waals surface area contributed by atoms with Crippen LogP contribution in [-0.2, 0) is 11.3 Å². The molecule has 0 radical (unpaired) electrons. The first-order chi connectivity index (χ1) is 9.37. The molecule has 0 aliphatic carbocycles. The molecule has 1 aliphatic heterocycles. The van der Waals surface area contributed by atoms with Crippen LogP contribution in [0.3, 0.4) is 0 Å². The quantitative estimate of drug-likeness (QED) is 0.917. The Hall–Kier alpha value is -1.13. The van der Waals surface area contributed by atoms with Crippen LogP contribution in [0.5, 0.6) is 0 Å². The van der Waals surface area contributed by atoms with Gasteiger partial charge in [-0.15, -0.1) is 0 Å². The van der Waals surface area contributed by atoms with Crippen molar-refractivity contribution in [2.45, 2.75) is 52.2 Å². The fraction of sp³-hybridized carbons (Fsp3) is 0.688. The molecule has 1 N–H and O–H groups in total. The summed E-state index contributed by atoms with van der Waals surface area (Å²) in [6, 6.07) is 2.69. The van der Waals surface area contributed by atoms with Gasteiger partial charge in [0.2, 0.25) is 0 Å². The zero-order chi connectivity index (χ0) is 14.8. The number of aryl methyl sites for hydroxylation is 1. The first kappa shape index (κ1) is 15.3. The fourth-order valence-electron chi connectivity index (χ4n) is 2.46. The van der Waals surface area contributed by atoms with Gasteiger partial charge in [-0.1, -0.05) is 0 Å². The molecule has 1 saturated heterocycles. The average molecular weight is 277 g/mol. The van der Waals surface area contributed by atoms with Crippen molar-refractivity contribution in [2.75, 3.05) is 25.2 Å². The molecular formula is C16H27N3O. The number of nitrogens with one attached hydrogen (secondary N) is 1. The van der Waals surface area contributed by atoms with E-state index in [1.54, 1.807) is 0 Å². The standard InChI is InChI=1S/C16H27N3O/c1-12-8-13(10-18-16(2,3)4)9-17-15(12)19(5)14-6-7-20-11-14/h8-9,14,18H,6-7,10-11H2,1-5H3. The van der Waals surface area contributed by atoms with Crippen molar-refractivity contribution in [2.24, 2.45) is 0 Å². The van der Waals surface area contributed by atoms with Gasteiger partial charge < -0.3 is 15.0 Å². The molecule has 20 heavy (non-hydrogen) atoms. The van der Waals surface area contributed by atoms with Crippen molar-refractivity contribution in [3.05, 3.63) is 23.4 Å². The molecule has 4 nitrogen and oxygen atoms in total. The molecule has 4 heteroatoms. The zero-order valence-electron chi connectivity index (χ0n) is 13.4. The van der Waals surface area contributed by atoms with Crippen LogP contribution in [0.4, 0.5) is 5.82 Å². The molecule has 0 saturated carbocycles. The Kier molecular flexibility index (Phi) is 4.66. The molecule has 1 fully saturated rings. The van der Waals surface area contributed by atoms with Gasteiger partial charge in [0, 0.05) is 31.9 Å². The minimum Gasteiger partial charge on any atom is -0.379 e. The van der Waals surface area contributed by atoms with Crippen LogP contribution in [0.15, 0.2) is 12.3 Å². The van der Waals surface area contributed by atoms with Crippen molar-refractivity contribution in [1.82, 2.24) is 10.3 Å². The van der Waals surface area contributed by atoms with E-state index < -0.39 is 0 Å². The Morgan fingerprint density at radius 2 is 2.20 bits per heavy atom. The molecule has 1 aromatic rings. The molecule has 1 aliphatic rings. The van der Waals surface area contributed by atoms with Gasteiger partial charge in [0.1, 0.15) is 5.82 Å². The summed E-state index contributed by atoms with van der Waals surface area (Å²) in [6.07, 6.45) is 3.07. The number of likely N-dealkylation sites (N-methyl/N-ethyl adjacent to an activating group) is 1. The highest BCUT2D eigenvalue weighted by Gasteiger charge is 2.22. The van der Waals surface area contributed by atoms with E-state index >= 15 is 0 Å². The minimum absolute atomic E-state index is 0.130. The second-order valence-corrected chi connectivity index (χ2v) is 6.72. The second-order valence-electron chi connectivity index (χ2n) is 6.72. The van der Waals surface area contributed by atoms with Gasteiger partial charge in [0.25, 0.3) is 0 Å². The fourth-order valence-corrected chi connectivity index (χ4v) is 2.46. The van der Waals surface area contributed by atoms with Crippen LogP contribution in [0, 0.1) is 6.92 Å². The largest absolute Gasteiger partial charge is 0.379 e. The molecule has 112 valence electrons. The molecule has 0 bridgehead atoms. The lowest BCUT2D eigenvalue weighted by molar-refractivity contribution is 0.193. The van der Waals surface area contributed by atoms with Gasteiger partial charge in [-0.05, 0) is 51.3 Å². The van der Waals surface area contributed by atoms with E-state index in [4.69, 9.17) is 4.74 Å². The smallest absolute Gasteiger partial charge is 0.131 e. The third-order valence-corrected chi connectivity index (χ3v) is 3.72. The topological polar surface area (TPSA) is 37.4 Å². The minimum atomic E-state index is 0.130. The number of hydrogen-bond acceptors (Lipinski definition) is 4. The van der Waals surface area contributed by atoms with E-state index in [1.807, 2.05) is 6.20 Å². The number of anilines is 1. The highest BCUT2D eigenvalue weighted by atomic mass is 16.5. The lowest BCUT2D eigenvalue weighted by Crippen LogP contribution is -2.35. The SMILES string of the molecule is Cc1cc(CNC(C)(C)C)cnc1N(C)C1CCOC1. The maximum Gasteiger partial charge on any atom is 0.131 e. The van der Waals surface area contributed by atoms with Crippen molar-refractivity contribution >= 4 is 5.82 Å². The molecule has 1 aromatic heterocycles. The summed E-state index contributed by atoms with van der Waals surface area (Å²) in [6.45, 7) is 11.2. The van der Waals surface area contributed by atoms with Crippen molar-refractivity contribution in [3.63, 3.8) is 0 Å². The summed E-state index contributed by atoms with van der Waals surface area (Å²) in [4.78, 5) is 6.91. The van der Waals surface area contributed by atoms with Gasteiger partial charge in [-0.3, -0.25) is 0 Å². The van der Waals surface area contributed by atoms with Crippen LogP contribution >= 0.6 is 0 Å². The lowest BCUT2D eigenvalue weighted by Gasteiger charge is -2.26. The van der Waals surface area contributed by atoms with E-state index in [0.29, 0.717) is 6.04 Å². The Labute approximate surface area is 122 Å². The first-order valence-electron chi connectivity index (χ1n) is 7.38. The van der Waals surface area contributed by atoms with Gasteiger partial charge in [-0.25, -0.2) is 4.98 Å². The van der Waals surface area contributed by atoms with Crippen LogP contribution < -0.4 is 10.2 Å². The van der Waals surface area contributed by atoms with Crippen molar-refractivity contribution in [3.8, 4) is 0 Å². The highest BCUT2D eigenvalue weighted by Crippen LogP contribution is 2.22. The predicted molar refractivity (Wildman–Crippen MR) is 83.2 cm³/mol. The summed E-state index contributed by atoms with van der Waals surface area (Å²) in [5.74, 6) is 1.07. The molecule has 2 heterocycles. The summed E-state index contributed by atoms with van der Waals surface area (Å²) < 4.78 is 5.46. The second kappa shape index (κ2) is 6.10. The van der Waals surface area contributed by atoms with Gasteiger partial charge >= 0.3 is 0 Å². The predicted octanol–water partition coefficient (Wildman–Crippen LogP) is 2.50. The van der Waals surface area contributed by atoms with Gasteiger partial charge in [0.15, 0.2) is 0 Å². The summed E-state index contributed by atoms with van der Waals surface area (Å²) in [5, 5.41) is 3.50. The van der Waals surface area contributed by atoms with Crippen LogP contribution in [0.25, 0.3) is 0 Å². The number of aromatic nitrogens is 1. The molecule has 0 aromatic carbocycles. The Morgan fingerprint density at radius 1 is 1.45 bits per heavy atom. The highest BCUT2D eigenvalue weighted by molar-refractivity contribution is 5.47. The van der Waals surface area contributed by atoms with Gasteiger partial charge in [0.05, 0.1) is 12.6 Å². The van der Waals surface area contributed by atoms with E-state index in [0.717, 1.165) is 32.0 Å². The monoisotopic (exact) mass is 277 g/mol. The summed E-state index contributed by atoms with van der Waals surface area (Å²) in [7, 11) is 2.11. The molecule has 1 unspecified atom stereocenters. The number of hydrogen-bond donors (Lipinski definition) is 1. The third-order valence-electron chi connectivity index (χ3n) is 3.72. The molecule has 0 amide bonds. The molecule has 0 spiro atoms. The van der Waals surface area contributed by atoms with E-state index in [2.05, 4.69) is 56.0 Å². The van der Waals surface area contributed by atoms with E-state index in [9.17, 15) is 0 Å². The van der Waals surface area contributed by atoms with Crippen LogP contribution in [0.2, 0.25) is 0 Å². The third kappa shape index (κ3) is 3.93. The lowest BCUT2D eigenvalue weighted by atomic mass is 10.1. The zero-order valence-corrected chi connectivity index (χ0v) is 13.4. The van der Waals surface area contributed by atoms with Gasteiger partial charge in [-0.2, -0.15) is 0 Å². The maximum absolute atomic E-state index is 5.46. The molecule has 2 rings (SSSR count). The Bertz CT molecular complexity index is 448. The normalized spacial score (nSPS) is 19.4. The molecular weight excluding hydrogens is 250 g/mol. The number of rotatable bonds is 4. The van der Waals surface area contributed by atoms with Crippen molar-refractivity contribution in [1.29, 1.82) is 0 Å². The Morgan fingerprint density at radius 3 is 2.75 bits per heavy atom. The van der Waals surface area contributed by atoms with E-state index in [1.165, 1.54) is 11.1 Å². The first-order valence-corrected chi connectivity index (χ1v) is 7.38. The molecule has 1 atom stereocenters.